The fourth-order valence-electron chi connectivity index (χ4n) is 5.01. The van der Waals surface area contributed by atoms with E-state index in [-0.39, 0.29) is 24.0 Å². The summed E-state index contributed by atoms with van der Waals surface area (Å²) >= 11 is 0. The quantitative estimate of drug-likeness (QED) is 0.173. The molecule has 0 aliphatic heterocycles. The van der Waals surface area contributed by atoms with Crippen LogP contribution >= 0.6 is 0 Å². The van der Waals surface area contributed by atoms with Gasteiger partial charge in [-0.25, -0.2) is 4.79 Å². The van der Waals surface area contributed by atoms with Crippen molar-refractivity contribution in [2.75, 3.05) is 13.2 Å². The Hall–Kier alpha value is -3.10. The van der Waals surface area contributed by atoms with Crippen LogP contribution in [-0.2, 0) is 27.2 Å². The largest absolute Gasteiger partial charge is 0.479 e. The molecular weight excluding hydrogens is 520 g/mol. The monoisotopic (exact) mass is 566 g/mol. The molecule has 1 aromatic carbocycles. The Morgan fingerprint density at radius 2 is 1.68 bits per heavy atom. The Morgan fingerprint density at radius 1 is 1.02 bits per heavy atom. The molecule has 1 unspecified atom stereocenters. The SMILES string of the molecule is CC1=C(/C=C/C(C)=C/C=C/C(C)=C/C(=O)Cc2ccc(C[C@@H](CO)OC(C(=O)O)[C@@H](O)CO)cc2)C(C)(C)CCC1. The lowest BCUT2D eigenvalue weighted by molar-refractivity contribution is -0.169. The molecular formula is C34H46O7. The molecule has 7 nitrogen and oxygen atoms in total. The Kier molecular flexibility index (Phi) is 13.6. The third-order valence-corrected chi connectivity index (χ3v) is 7.35. The van der Waals surface area contributed by atoms with Gasteiger partial charge in [0.1, 0.15) is 6.10 Å². The van der Waals surface area contributed by atoms with Crippen LogP contribution in [0.1, 0.15) is 65.0 Å². The van der Waals surface area contributed by atoms with Crippen molar-refractivity contribution < 1.29 is 34.8 Å². The molecule has 0 bridgehead atoms. The number of carbonyl (C=O) groups excluding carboxylic acids is 1. The van der Waals surface area contributed by atoms with Crippen LogP contribution in [0.25, 0.3) is 0 Å². The van der Waals surface area contributed by atoms with Crippen molar-refractivity contribution >= 4 is 11.8 Å². The van der Waals surface area contributed by atoms with Gasteiger partial charge < -0.3 is 25.2 Å². The topological polar surface area (TPSA) is 124 Å². The molecule has 2 rings (SSSR count). The molecule has 1 aromatic rings. The number of hydrogen-bond donors (Lipinski definition) is 4. The molecule has 41 heavy (non-hydrogen) atoms. The van der Waals surface area contributed by atoms with Crippen molar-refractivity contribution in [2.45, 2.75) is 85.0 Å². The predicted octanol–water partition coefficient (Wildman–Crippen LogP) is 5.06. The number of aliphatic hydroxyl groups is 3. The van der Waals surface area contributed by atoms with E-state index in [2.05, 4.69) is 39.8 Å². The average molecular weight is 567 g/mol. The first-order chi connectivity index (χ1) is 19.4. The zero-order valence-electron chi connectivity index (χ0n) is 25.0. The van der Waals surface area contributed by atoms with E-state index in [1.165, 1.54) is 30.4 Å². The maximum absolute atomic E-state index is 12.6. The summed E-state index contributed by atoms with van der Waals surface area (Å²) < 4.78 is 5.32. The maximum Gasteiger partial charge on any atom is 0.335 e. The van der Waals surface area contributed by atoms with Gasteiger partial charge in [-0.2, -0.15) is 0 Å². The lowest BCUT2D eigenvalue weighted by Crippen LogP contribution is -2.42. The minimum absolute atomic E-state index is 0.0266. The van der Waals surface area contributed by atoms with Gasteiger partial charge in [-0.05, 0) is 73.8 Å². The molecule has 7 heteroatoms. The normalized spacial score (nSPS) is 18.6. The van der Waals surface area contributed by atoms with Gasteiger partial charge in [-0.15, -0.1) is 0 Å². The van der Waals surface area contributed by atoms with Crippen molar-refractivity contribution in [3.63, 3.8) is 0 Å². The summed E-state index contributed by atoms with van der Waals surface area (Å²) in [5.74, 6) is -1.45. The minimum Gasteiger partial charge on any atom is -0.479 e. The van der Waals surface area contributed by atoms with E-state index in [4.69, 9.17) is 9.84 Å². The van der Waals surface area contributed by atoms with E-state index in [9.17, 15) is 24.9 Å². The second kappa shape index (κ2) is 16.4. The third kappa shape index (κ3) is 11.4. The lowest BCUT2D eigenvalue weighted by Gasteiger charge is -2.32. The molecule has 0 aromatic heterocycles. The smallest absolute Gasteiger partial charge is 0.335 e. The van der Waals surface area contributed by atoms with Crippen LogP contribution in [0.5, 0.6) is 0 Å². The standard InChI is InChI=1S/C34H46O7/c1-23(11-16-30-25(3)10-7-17-34(30,4)5)8-6-9-24(2)18-28(37)19-26-12-14-27(15-13-26)20-29(21-35)41-32(33(39)40)31(38)22-36/h6,8-9,11-16,18,29,31-32,35-36,38H,7,10,17,19-22H2,1-5H3,(H,39,40)/b9-6+,16-11+,23-8+,24-18+/t29-,31-,32?/m0/s1. The van der Waals surface area contributed by atoms with Crippen molar-refractivity contribution in [3.05, 3.63) is 94.1 Å². The Morgan fingerprint density at radius 3 is 2.27 bits per heavy atom. The highest BCUT2D eigenvalue weighted by molar-refractivity contribution is 5.92. The summed E-state index contributed by atoms with van der Waals surface area (Å²) in [5.41, 5.74) is 6.70. The van der Waals surface area contributed by atoms with Gasteiger partial charge >= 0.3 is 5.97 Å². The van der Waals surface area contributed by atoms with Crippen LogP contribution in [0, 0.1) is 5.41 Å². The highest BCUT2D eigenvalue weighted by Gasteiger charge is 2.30. The number of carbonyl (C=O) groups is 2. The molecule has 0 saturated carbocycles. The number of aliphatic carboxylic acids is 1. The molecule has 0 spiro atoms. The van der Waals surface area contributed by atoms with E-state index < -0.39 is 37.5 Å². The summed E-state index contributed by atoms with van der Waals surface area (Å²) in [6, 6.07) is 7.19. The first-order valence-electron chi connectivity index (χ1n) is 14.2. The van der Waals surface area contributed by atoms with Gasteiger partial charge in [0.25, 0.3) is 0 Å². The fraction of sp³-hybridized carbons (Fsp3) is 0.471. The van der Waals surface area contributed by atoms with Crippen LogP contribution in [0.3, 0.4) is 0 Å². The van der Waals surface area contributed by atoms with Crippen LogP contribution in [-0.4, -0.2) is 63.7 Å². The zero-order valence-corrected chi connectivity index (χ0v) is 25.0. The second-order valence-corrected chi connectivity index (χ2v) is 11.5. The summed E-state index contributed by atoms with van der Waals surface area (Å²) in [6.07, 6.45) is 11.9. The number of ketones is 1. The van der Waals surface area contributed by atoms with Gasteiger partial charge in [0.2, 0.25) is 0 Å². The van der Waals surface area contributed by atoms with Crippen LogP contribution < -0.4 is 0 Å². The number of rotatable bonds is 15. The van der Waals surface area contributed by atoms with E-state index in [0.29, 0.717) is 0 Å². The highest BCUT2D eigenvalue weighted by Crippen LogP contribution is 2.40. The van der Waals surface area contributed by atoms with Gasteiger partial charge in [-0.1, -0.05) is 79.6 Å². The van der Waals surface area contributed by atoms with Crippen molar-refractivity contribution in [2.24, 2.45) is 5.41 Å². The molecule has 0 radical (unpaired) electrons. The number of allylic oxidation sites excluding steroid dienone is 10. The van der Waals surface area contributed by atoms with Crippen LogP contribution in [0.2, 0.25) is 0 Å². The molecule has 4 N–H and O–H groups in total. The van der Waals surface area contributed by atoms with Crippen LogP contribution in [0.15, 0.2) is 83.0 Å². The van der Waals surface area contributed by atoms with Crippen molar-refractivity contribution in [1.29, 1.82) is 0 Å². The molecule has 0 amide bonds. The summed E-state index contributed by atoms with van der Waals surface area (Å²) in [5, 5.41) is 37.5. The summed E-state index contributed by atoms with van der Waals surface area (Å²) in [6.45, 7) is 9.58. The molecule has 1 aliphatic carbocycles. The first-order valence-corrected chi connectivity index (χ1v) is 14.2. The predicted molar refractivity (Wildman–Crippen MR) is 161 cm³/mol. The first kappa shape index (κ1) is 34.1. The number of ether oxygens (including phenoxy) is 1. The molecule has 0 saturated heterocycles. The Labute approximate surface area is 244 Å². The molecule has 0 heterocycles. The average Bonchev–Trinajstić information content (AvgIpc) is 2.90. The second-order valence-electron chi connectivity index (χ2n) is 11.5. The maximum atomic E-state index is 12.6. The van der Waals surface area contributed by atoms with Crippen molar-refractivity contribution in [3.8, 4) is 0 Å². The molecule has 3 atom stereocenters. The number of carboxylic acids is 1. The number of benzene rings is 1. The summed E-state index contributed by atoms with van der Waals surface area (Å²) in [4.78, 5) is 23.9. The minimum atomic E-state index is -1.65. The number of hydrogen-bond acceptors (Lipinski definition) is 6. The zero-order chi connectivity index (χ0) is 30.6. The van der Waals surface area contributed by atoms with E-state index >= 15 is 0 Å². The third-order valence-electron chi connectivity index (χ3n) is 7.35. The fourth-order valence-corrected chi connectivity index (χ4v) is 5.01. The Balaban J connectivity index is 1.93. The molecule has 224 valence electrons. The van der Waals surface area contributed by atoms with Gasteiger partial charge in [0.15, 0.2) is 11.9 Å². The van der Waals surface area contributed by atoms with Crippen molar-refractivity contribution in [1.82, 2.24) is 0 Å². The summed E-state index contributed by atoms with van der Waals surface area (Å²) in [7, 11) is 0. The number of aliphatic hydroxyl groups excluding tert-OH is 3. The number of carboxylic acid groups (broad SMARTS) is 1. The van der Waals surface area contributed by atoms with Gasteiger partial charge in [0.05, 0.1) is 19.3 Å². The highest BCUT2D eigenvalue weighted by atomic mass is 16.5. The molecule has 1 aliphatic rings. The van der Waals surface area contributed by atoms with E-state index in [1.807, 2.05) is 25.2 Å². The van der Waals surface area contributed by atoms with E-state index in [0.717, 1.165) is 22.3 Å². The molecule has 0 fully saturated rings. The van der Waals surface area contributed by atoms with E-state index in [1.54, 1.807) is 30.3 Å². The Bertz CT molecular complexity index is 1180. The van der Waals surface area contributed by atoms with Crippen LogP contribution in [0.4, 0.5) is 0 Å². The van der Waals surface area contributed by atoms with Gasteiger partial charge in [0, 0.05) is 12.8 Å². The van der Waals surface area contributed by atoms with Gasteiger partial charge in [-0.3, -0.25) is 4.79 Å². The lowest BCUT2D eigenvalue weighted by atomic mass is 9.72.